The van der Waals surface area contributed by atoms with Crippen molar-refractivity contribution in [2.24, 2.45) is 5.92 Å². The molecular formula is C30H38F4N2O4. The van der Waals surface area contributed by atoms with E-state index in [2.05, 4.69) is 29.2 Å². The van der Waals surface area contributed by atoms with Gasteiger partial charge in [-0.1, -0.05) is 24.3 Å². The summed E-state index contributed by atoms with van der Waals surface area (Å²) >= 11 is 0. The lowest BCUT2D eigenvalue weighted by Gasteiger charge is -2.33. The van der Waals surface area contributed by atoms with Crippen LogP contribution in [0.25, 0.3) is 0 Å². The molecule has 0 spiro atoms. The fraction of sp³-hybridized carbons (Fsp3) is 0.600. The minimum atomic E-state index is -3.61. The zero-order valence-electron chi connectivity index (χ0n) is 22.9. The Labute approximate surface area is 232 Å². The van der Waals surface area contributed by atoms with Crippen LogP contribution in [0.2, 0.25) is 0 Å². The van der Waals surface area contributed by atoms with Crippen molar-refractivity contribution in [2.45, 2.75) is 63.0 Å². The van der Waals surface area contributed by atoms with Gasteiger partial charge in [-0.3, -0.25) is 0 Å². The Morgan fingerprint density at radius 1 is 0.725 bits per heavy atom. The maximum Gasteiger partial charge on any atom is 0.254 e. The number of alkyl halides is 4. The molecule has 0 radical (unpaired) electrons. The van der Waals surface area contributed by atoms with Crippen molar-refractivity contribution in [1.29, 1.82) is 0 Å². The number of hydrogen-bond acceptors (Lipinski definition) is 6. The number of rotatable bonds is 16. The zero-order valence-corrected chi connectivity index (χ0v) is 22.9. The van der Waals surface area contributed by atoms with Crippen LogP contribution in [0.15, 0.2) is 48.5 Å². The molecule has 0 saturated carbocycles. The van der Waals surface area contributed by atoms with E-state index in [0.29, 0.717) is 39.2 Å². The van der Waals surface area contributed by atoms with Crippen molar-refractivity contribution >= 4 is 11.4 Å². The van der Waals surface area contributed by atoms with Crippen LogP contribution in [0.1, 0.15) is 31.4 Å². The minimum absolute atomic E-state index is 0.0288. The van der Waals surface area contributed by atoms with E-state index in [0.717, 1.165) is 55.2 Å². The van der Waals surface area contributed by atoms with Crippen LogP contribution in [-0.2, 0) is 20.6 Å². The van der Waals surface area contributed by atoms with Gasteiger partial charge in [0.05, 0.1) is 50.2 Å². The third-order valence-corrected chi connectivity index (χ3v) is 7.65. The van der Waals surface area contributed by atoms with E-state index in [1.54, 1.807) is 0 Å². The van der Waals surface area contributed by atoms with E-state index in [-0.39, 0.29) is 12.6 Å². The summed E-state index contributed by atoms with van der Waals surface area (Å²) in [5, 5.41) is 10.6. The number of aliphatic hydroxyl groups excluding tert-OH is 1. The second kappa shape index (κ2) is 11.8. The molecule has 2 aromatic rings. The van der Waals surface area contributed by atoms with Crippen molar-refractivity contribution in [1.82, 2.24) is 0 Å². The van der Waals surface area contributed by atoms with Crippen LogP contribution in [0.5, 0.6) is 0 Å². The predicted molar refractivity (Wildman–Crippen MR) is 145 cm³/mol. The van der Waals surface area contributed by atoms with Crippen LogP contribution >= 0.6 is 0 Å². The highest BCUT2D eigenvalue weighted by Gasteiger charge is 2.49. The molecule has 0 aromatic heterocycles. The van der Waals surface area contributed by atoms with E-state index < -0.39 is 30.3 Å². The van der Waals surface area contributed by atoms with Crippen LogP contribution < -0.4 is 9.80 Å². The Bertz CT molecular complexity index is 1070. The zero-order chi connectivity index (χ0) is 28.5. The van der Waals surface area contributed by atoms with Gasteiger partial charge in [0.25, 0.3) is 11.8 Å². The first-order valence-corrected chi connectivity index (χ1v) is 13.9. The number of anilines is 2. The van der Waals surface area contributed by atoms with Gasteiger partial charge < -0.3 is 29.1 Å². The molecule has 10 heteroatoms. The molecule has 2 aromatic carbocycles. The number of nitrogens with zero attached hydrogens (tertiary/aromatic N) is 2. The molecule has 220 valence electrons. The Kier molecular flexibility index (Phi) is 8.61. The normalized spacial score (nSPS) is 22.8. The molecule has 0 aliphatic carbocycles. The smallest absolute Gasteiger partial charge is 0.254 e. The van der Waals surface area contributed by atoms with Gasteiger partial charge in [0.2, 0.25) is 0 Å². The highest BCUT2D eigenvalue weighted by atomic mass is 19.3. The summed E-state index contributed by atoms with van der Waals surface area (Å²) in [6.45, 7) is 5.27. The Morgan fingerprint density at radius 3 is 1.48 bits per heavy atom. The maximum atomic E-state index is 13.9. The lowest BCUT2D eigenvalue weighted by molar-refractivity contribution is -0.164. The lowest BCUT2D eigenvalue weighted by atomic mass is 9.89. The van der Waals surface area contributed by atoms with E-state index >= 15 is 0 Å². The summed E-state index contributed by atoms with van der Waals surface area (Å²) < 4.78 is 71.7. The highest BCUT2D eigenvalue weighted by Crippen LogP contribution is 2.40. The summed E-state index contributed by atoms with van der Waals surface area (Å²) in [6, 6.07) is 16.3. The molecule has 40 heavy (non-hydrogen) atoms. The molecule has 3 saturated heterocycles. The summed E-state index contributed by atoms with van der Waals surface area (Å²) in [5.74, 6) is -9.48. The Morgan fingerprint density at radius 2 is 1.10 bits per heavy atom. The lowest BCUT2D eigenvalue weighted by Crippen LogP contribution is -2.43. The van der Waals surface area contributed by atoms with Crippen LogP contribution in [0.3, 0.4) is 0 Å². The minimum Gasteiger partial charge on any atom is -0.391 e. The first kappa shape index (κ1) is 29.1. The van der Waals surface area contributed by atoms with E-state index in [1.165, 1.54) is 0 Å². The summed E-state index contributed by atoms with van der Waals surface area (Å²) in [7, 11) is 0. The third kappa shape index (κ3) is 8.55. The Balaban J connectivity index is 1.20. The summed E-state index contributed by atoms with van der Waals surface area (Å²) in [4.78, 5) is 4.13. The molecule has 1 N–H and O–H groups in total. The van der Waals surface area contributed by atoms with Gasteiger partial charge in [0.1, 0.15) is 0 Å². The molecule has 6 nitrogen and oxygen atoms in total. The van der Waals surface area contributed by atoms with E-state index in [9.17, 15) is 22.7 Å². The predicted octanol–water partition coefficient (Wildman–Crippen LogP) is 4.76. The number of aliphatic hydroxyl groups is 1. The van der Waals surface area contributed by atoms with Gasteiger partial charge in [-0.05, 0) is 62.1 Å². The molecule has 0 amide bonds. The number of epoxide rings is 3. The monoisotopic (exact) mass is 566 g/mol. The van der Waals surface area contributed by atoms with Crippen LogP contribution in [0, 0.1) is 5.92 Å². The average molecular weight is 567 g/mol. The van der Waals surface area contributed by atoms with Crippen LogP contribution in [-0.4, -0.2) is 87.4 Å². The molecular weight excluding hydrogens is 528 g/mol. The number of benzene rings is 2. The largest absolute Gasteiger partial charge is 0.391 e. The topological polar surface area (TPSA) is 64.3 Å². The molecule has 0 bridgehead atoms. The van der Waals surface area contributed by atoms with Crippen LogP contribution in [0.4, 0.5) is 28.9 Å². The van der Waals surface area contributed by atoms with Gasteiger partial charge in [-0.2, -0.15) is 0 Å². The van der Waals surface area contributed by atoms with Crippen molar-refractivity contribution in [3.8, 4) is 0 Å². The number of ether oxygens (including phenoxy) is 3. The SMILES string of the molecule is CC(F)(F)C(CC(O)CN(CC1CO1)c1ccc(Cc2ccc(N(CC3CO3)CC3CO3)cc2)cc1)C(C)(F)F. The highest BCUT2D eigenvalue weighted by molar-refractivity contribution is 5.51. The third-order valence-electron chi connectivity index (χ3n) is 7.65. The van der Waals surface area contributed by atoms with Gasteiger partial charge in [0.15, 0.2) is 0 Å². The number of hydrogen-bond donors (Lipinski definition) is 1. The first-order valence-electron chi connectivity index (χ1n) is 13.9. The fourth-order valence-electron chi connectivity index (χ4n) is 5.17. The molecule has 3 fully saturated rings. The standard InChI is InChI=1S/C30H38F4N2O4/c1-29(31,32)28(30(2,33)34)12-24(37)13-35(14-25-17-38-25)22-7-3-20(4-8-22)11-21-5-9-23(10-6-21)36(15-26-18-39-26)16-27-19-40-27/h3-10,24-28,37H,11-19H2,1-2H3. The van der Waals surface area contributed by atoms with Crippen molar-refractivity contribution in [2.75, 3.05) is 55.8 Å². The average Bonchev–Trinajstić information content (AvgIpc) is 3.71. The van der Waals surface area contributed by atoms with E-state index in [4.69, 9.17) is 14.2 Å². The maximum absolute atomic E-state index is 13.9. The van der Waals surface area contributed by atoms with Crippen molar-refractivity contribution in [3.05, 3.63) is 59.7 Å². The van der Waals surface area contributed by atoms with Gasteiger partial charge >= 0.3 is 0 Å². The molecule has 3 heterocycles. The van der Waals surface area contributed by atoms with Crippen molar-refractivity contribution < 1.29 is 36.9 Å². The van der Waals surface area contributed by atoms with Gasteiger partial charge in [-0.25, -0.2) is 17.6 Å². The Hall–Kier alpha value is -2.40. The second-order valence-electron chi connectivity index (χ2n) is 11.5. The summed E-state index contributed by atoms with van der Waals surface area (Å²) in [6.07, 6.45) is -0.765. The second-order valence-corrected chi connectivity index (χ2v) is 11.5. The molecule has 3 aliphatic rings. The van der Waals surface area contributed by atoms with Crippen molar-refractivity contribution in [3.63, 3.8) is 0 Å². The molecule has 3 aliphatic heterocycles. The van der Waals surface area contributed by atoms with Gasteiger partial charge in [-0.15, -0.1) is 0 Å². The summed E-state index contributed by atoms with van der Waals surface area (Å²) in [5.41, 5.74) is 4.17. The molecule has 4 atom stereocenters. The van der Waals surface area contributed by atoms with E-state index in [1.807, 2.05) is 29.2 Å². The molecule has 4 unspecified atom stereocenters. The fourth-order valence-corrected chi connectivity index (χ4v) is 5.17. The quantitative estimate of drug-likeness (QED) is 0.234. The van der Waals surface area contributed by atoms with Gasteiger partial charge in [0, 0.05) is 37.6 Å². The number of halogens is 4. The first-order chi connectivity index (χ1) is 18.9. The molecule has 5 rings (SSSR count).